The maximum absolute atomic E-state index is 13.4. The van der Waals surface area contributed by atoms with Gasteiger partial charge in [0.1, 0.15) is 23.8 Å². The fourth-order valence-corrected chi connectivity index (χ4v) is 4.71. The molecule has 0 saturated carbocycles. The van der Waals surface area contributed by atoms with Crippen molar-refractivity contribution in [3.63, 3.8) is 0 Å². The molecule has 2 aromatic carbocycles. The van der Waals surface area contributed by atoms with Crippen LogP contribution in [0.5, 0.6) is 5.75 Å². The zero-order valence-corrected chi connectivity index (χ0v) is 17.1. The van der Waals surface area contributed by atoms with Gasteiger partial charge in [-0.05, 0) is 63.1 Å². The van der Waals surface area contributed by atoms with Crippen LogP contribution in [0.25, 0.3) is 0 Å². The summed E-state index contributed by atoms with van der Waals surface area (Å²) in [7, 11) is 0. The van der Waals surface area contributed by atoms with Crippen molar-refractivity contribution in [1.82, 2.24) is 4.90 Å². The third kappa shape index (κ3) is 3.97. The predicted molar refractivity (Wildman–Crippen MR) is 107 cm³/mol. The first-order valence-electron chi connectivity index (χ1n) is 9.50. The third-order valence-corrected chi connectivity index (χ3v) is 5.98. The number of amides is 1. The molecule has 0 bridgehead atoms. The zero-order valence-electron chi connectivity index (χ0n) is 16.3. The molecule has 1 amide bonds. The molecule has 6 heteroatoms. The first kappa shape index (κ1) is 19.1. The number of hydrogen-bond acceptors (Lipinski definition) is 4. The van der Waals surface area contributed by atoms with Gasteiger partial charge >= 0.3 is 6.09 Å². The van der Waals surface area contributed by atoms with Crippen LogP contribution in [0.3, 0.4) is 0 Å². The van der Waals surface area contributed by atoms with E-state index < -0.39 is 5.60 Å². The van der Waals surface area contributed by atoms with Gasteiger partial charge in [0.05, 0.1) is 6.04 Å². The Kier molecular flexibility index (Phi) is 5.00. The van der Waals surface area contributed by atoms with Gasteiger partial charge in [0.15, 0.2) is 0 Å². The molecule has 0 N–H and O–H groups in total. The zero-order chi connectivity index (χ0) is 19.9. The highest BCUT2D eigenvalue weighted by Crippen LogP contribution is 2.44. The van der Waals surface area contributed by atoms with E-state index in [0.29, 0.717) is 13.2 Å². The van der Waals surface area contributed by atoms with Crippen LogP contribution in [0.1, 0.15) is 38.7 Å². The van der Waals surface area contributed by atoms with Crippen molar-refractivity contribution in [2.75, 3.05) is 13.2 Å². The summed E-state index contributed by atoms with van der Waals surface area (Å²) in [6.45, 7) is 6.77. The van der Waals surface area contributed by atoms with E-state index in [0.717, 1.165) is 27.5 Å². The van der Waals surface area contributed by atoms with Crippen LogP contribution in [0.2, 0.25) is 0 Å². The predicted octanol–water partition coefficient (Wildman–Crippen LogP) is 5.46. The molecule has 2 atom stereocenters. The summed E-state index contributed by atoms with van der Waals surface area (Å²) >= 11 is 1.51. The second kappa shape index (κ2) is 7.32. The van der Waals surface area contributed by atoms with E-state index in [1.807, 2.05) is 39.0 Å². The first-order valence-corrected chi connectivity index (χ1v) is 10.3. The minimum absolute atomic E-state index is 0.00377. The van der Waals surface area contributed by atoms with Gasteiger partial charge in [-0.2, -0.15) is 0 Å². The Labute approximate surface area is 169 Å². The van der Waals surface area contributed by atoms with Gasteiger partial charge in [0.2, 0.25) is 0 Å². The highest BCUT2D eigenvalue weighted by atomic mass is 32.2. The molecule has 2 aliphatic heterocycles. The summed E-state index contributed by atoms with van der Waals surface area (Å²) in [6, 6.07) is 12.7. The molecule has 2 unspecified atom stereocenters. The molecular weight excluding hydrogens is 377 g/mol. The minimum atomic E-state index is -0.508. The van der Waals surface area contributed by atoms with Crippen molar-refractivity contribution in [2.24, 2.45) is 0 Å². The first-order chi connectivity index (χ1) is 13.3. The maximum atomic E-state index is 13.4. The van der Waals surface area contributed by atoms with Crippen LogP contribution in [-0.2, 0) is 4.74 Å². The van der Waals surface area contributed by atoms with Crippen LogP contribution >= 0.6 is 11.8 Å². The van der Waals surface area contributed by atoms with Crippen molar-refractivity contribution >= 4 is 17.9 Å². The summed E-state index contributed by atoms with van der Waals surface area (Å²) < 4.78 is 25.0. The quantitative estimate of drug-likeness (QED) is 0.670. The Morgan fingerprint density at radius 2 is 2.00 bits per heavy atom. The van der Waals surface area contributed by atoms with Gasteiger partial charge in [0, 0.05) is 22.3 Å². The molecule has 2 aliphatic rings. The average molecular weight is 402 g/mol. The Morgan fingerprint density at radius 3 is 2.75 bits per heavy atom. The average Bonchev–Trinajstić information content (AvgIpc) is 3.04. The lowest BCUT2D eigenvalue weighted by molar-refractivity contribution is 0.0164. The molecule has 1 fully saturated rings. The molecule has 1 saturated heterocycles. The van der Waals surface area contributed by atoms with E-state index in [2.05, 4.69) is 6.07 Å². The number of carbonyl (C=O) groups excluding carboxylic acids is 1. The van der Waals surface area contributed by atoms with E-state index in [9.17, 15) is 9.18 Å². The number of nitrogens with zero attached hydrogens (tertiary/aromatic N) is 1. The summed E-state index contributed by atoms with van der Waals surface area (Å²) in [6.07, 6.45) is 0.627. The van der Waals surface area contributed by atoms with Crippen molar-refractivity contribution in [1.29, 1.82) is 0 Å². The Hall–Kier alpha value is -2.21. The highest BCUT2D eigenvalue weighted by molar-refractivity contribution is 7.99. The van der Waals surface area contributed by atoms with Crippen molar-refractivity contribution in [2.45, 2.75) is 54.5 Å². The number of benzene rings is 2. The van der Waals surface area contributed by atoms with Crippen LogP contribution in [0, 0.1) is 5.82 Å². The van der Waals surface area contributed by atoms with Gasteiger partial charge in [0.25, 0.3) is 0 Å². The lowest BCUT2D eigenvalue weighted by atomic mass is 9.89. The molecule has 2 heterocycles. The molecule has 4 nitrogen and oxygen atoms in total. The van der Waals surface area contributed by atoms with Crippen LogP contribution in [0.15, 0.2) is 52.3 Å². The van der Waals surface area contributed by atoms with E-state index in [1.165, 1.54) is 23.9 Å². The van der Waals surface area contributed by atoms with Crippen molar-refractivity contribution in [3.8, 4) is 5.75 Å². The second-order valence-electron chi connectivity index (χ2n) is 8.21. The fourth-order valence-electron chi connectivity index (χ4n) is 3.82. The van der Waals surface area contributed by atoms with Gasteiger partial charge in [-0.25, -0.2) is 9.18 Å². The largest absolute Gasteiger partial charge is 0.491 e. The number of carbonyl (C=O) groups is 1. The third-order valence-electron chi connectivity index (χ3n) is 5.00. The van der Waals surface area contributed by atoms with Crippen LogP contribution in [0.4, 0.5) is 9.18 Å². The van der Waals surface area contributed by atoms with E-state index in [-0.39, 0.29) is 23.9 Å². The monoisotopic (exact) mass is 401 g/mol. The van der Waals surface area contributed by atoms with E-state index in [4.69, 9.17) is 9.47 Å². The molecule has 28 heavy (non-hydrogen) atoms. The van der Waals surface area contributed by atoms with Crippen molar-refractivity contribution < 1.29 is 18.7 Å². The molecule has 0 spiro atoms. The molecule has 148 valence electrons. The normalized spacial score (nSPS) is 20.9. The fraction of sp³-hybridized carbons (Fsp3) is 0.409. The maximum Gasteiger partial charge on any atom is 0.410 e. The van der Waals surface area contributed by atoms with Gasteiger partial charge in [-0.3, -0.25) is 0 Å². The number of halogens is 1. The molecule has 0 aliphatic carbocycles. The SMILES string of the molecule is CC(C)(C)OC(=O)N1CCC2c3ccc(Sc4cccc(F)c4)cc3OCC21. The second-order valence-corrected chi connectivity index (χ2v) is 9.35. The molecule has 4 rings (SSSR count). The number of ether oxygens (including phenoxy) is 2. The van der Waals surface area contributed by atoms with Gasteiger partial charge in [-0.1, -0.05) is 23.9 Å². The number of likely N-dealkylation sites (tertiary alicyclic amines) is 1. The summed E-state index contributed by atoms with van der Waals surface area (Å²) in [5, 5.41) is 0. The standard InChI is InChI=1S/C22H24FNO3S/c1-22(2,3)27-21(25)24-10-9-17-18-8-7-16(12-20(18)26-13-19(17)24)28-15-6-4-5-14(23)11-15/h4-8,11-12,17,19H,9-10,13H2,1-3H3. The van der Waals surface area contributed by atoms with Gasteiger partial charge < -0.3 is 14.4 Å². The van der Waals surface area contributed by atoms with Crippen LogP contribution in [-0.4, -0.2) is 35.8 Å². The Bertz CT molecular complexity index is 896. The summed E-state index contributed by atoms with van der Waals surface area (Å²) in [5.41, 5.74) is 0.622. The lowest BCUT2D eigenvalue weighted by Crippen LogP contribution is -2.45. The van der Waals surface area contributed by atoms with E-state index in [1.54, 1.807) is 11.0 Å². The minimum Gasteiger partial charge on any atom is -0.491 e. The molecular formula is C22H24FNO3S. The molecule has 0 radical (unpaired) electrons. The van der Waals surface area contributed by atoms with Crippen LogP contribution < -0.4 is 4.74 Å². The van der Waals surface area contributed by atoms with Gasteiger partial charge in [-0.15, -0.1) is 0 Å². The Balaban J connectivity index is 1.51. The molecule has 2 aromatic rings. The number of hydrogen-bond donors (Lipinski definition) is 0. The number of rotatable bonds is 2. The smallest absolute Gasteiger partial charge is 0.410 e. The molecule has 0 aromatic heterocycles. The van der Waals surface area contributed by atoms with E-state index >= 15 is 0 Å². The topological polar surface area (TPSA) is 38.8 Å². The van der Waals surface area contributed by atoms with Crippen molar-refractivity contribution in [3.05, 3.63) is 53.8 Å². The highest BCUT2D eigenvalue weighted by Gasteiger charge is 2.43. The summed E-state index contributed by atoms with van der Waals surface area (Å²) in [4.78, 5) is 16.2. The number of fused-ring (bicyclic) bond motifs is 3. The Morgan fingerprint density at radius 1 is 1.21 bits per heavy atom. The lowest BCUT2D eigenvalue weighted by Gasteiger charge is -2.34. The summed E-state index contributed by atoms with van der Waals surface area (Å²) in [5.74, 6) is 0.869.